The summed E-state index contributed by atoms with van der Waals surface area (Å²) in [6, 6.07) is 6.91. The van der Waals surface area contributed by atoms with Crippen molar-refractivity contribution in [3.05, 3.63) is 51.3 Å². The van der Waals surface area contributed by atoms with Crippen molar-refractivity contribution in [1.82, 2.24) is 14.9 Å². The number of esters is 1. The number of carbonyl (C=O) groups excluding carboxylic acids is 3. The third kappa shape index (κ3) is 8.92. The van der Waals surface area contributed by atoms with Crippen LogP contribution in [0.2, 0.25) is 0 Å². The van der Waals surface area contributed by atoms with E-state index in [9.17, 15) is 24.3 Å². The number of amides is 1. The molecule has 2 aromatic heterocycles. The van der Waals surface area contributed by atoms with E-state index < -0.39 is 29.3 Å². The molecular formula is C44H59N3O8. The monoisotopic (exact) mass is 757 g/mol. The van der Waals surface area contributed by atoms with Gasteiger partial charge in [-0.15, -0.1) is 0 Å². The van der Waals surface area contributed by atoms with E-state index in [0.29, 0.717) is 46.9 Å². The normalized spacial score (nSPS) is 17.7. The van der Waals surface area contributed by atoms with Gasteiger partial charge in [0.1, 0.15) is 6.61 Å². The molecule has 0 saturated carbocycles. The van der Waals surface area contributed by atoms with E-state index in [1.807, 2.05) is 12.1 Å². The van der Waals surface area contributed by atoms with Gasteiger partial charge >= 0.3 is 5.97 Å². The van der Waals surface area contributed by atoms with Crippen molar-refractivity contribution in [2.45, 2.75) is 167 Å². The summed E-state index contributed by atoms with van der Waals surface area (Å²) in [5.41, 5.74) is 1.16. The topological polar surface area (TPSA) is 146 Å². The van der Waals surface area contributed by atoms with Gasteiger partial charge in [0.15, 0.2) is 22.7 Å². The highest BCUT2D eigenvalue weighted by Crippen LogP contribution is 2.43. The number of Topliss-reactive ketones (excluding diaryl/α,β-unsaturated/α-hetero) is 1. The van der Waals surface area contributed by atoms with Crippen LogP contribution in [0.4, 0.5) is 0 Å². The maximum absolute atomic E-state index is 14.1. The number of pyridine rings is 2. The fourth-order valence-corrected chi connectivity index (χ4v) is 8.51. The van der Waals surface area contributed by atoms with Crippen LogP contribution < -0.4 is 20.3 Å². The number of ether oxygens (including phenoxy) is 3. The Morgan fingerprint density at radius 2 is 1.49 bits per heavy atom. The zero-order valence-corrected chi connectivity index (χ0v) is 33.0. The summed E-state index contributed by atoms with van der Waals surface area (Å²) in [7, 11) is 0. The van der Waals surface area contributed by atoms with Gasteiger partial charge < -0.3 is 29.2 Å². The van der Waals surface area contributed by atoms with Crippen molar-refractivity contribution >= 4 is 28.6 Å². The van der Waals surface area contributed by atoms with Crippen LogP contribution >= 0.6 is 0 Å². The summed E-state index contributed by atoms with van der Waals surface area (Å²) < 4.78 is 18.2. The van der Waals surface area contributed by atoms with E-state index in [2.05, 4.69) is 12.2 Å². The predicted octanol–water partition coefficient (Wildman–Crippen LogP) is 7.94. The second kappa shape index (κ2) is 18.6. The second-order valence-electron chi connectivity index (χ2n) is 15.8. The fraction of sp³-hybridized carbons (Fsp3) is 0.614. The van der Waals surface area contributed by atoms with Crippen LogP contribution in [-0.2, 0) is 37.7 Å². The Hall–Kier alpha value is -4.25. The molecule has 1 aromatic carbocycles. The number of aliphatic hydroxyl groups is 1. The molecule has 11 nitrogen and oxygen atoms in total. The Morgan fingerprint density at radius 1 is 0.855 bits per heavy atom. The van der Waals surface area contributed by atoms with E-state index in [1.165, 1.54) is 70.6 Å². The molecule has 298 valence electrons. The Morgan fingerprint density at radius 3 is 2.15 bits per heavy atom. The molecule has 3 atom stereocenters. The van der Waals surface area contributed by atoms with Crippen LogP contribution in [0.3, 0.4) is 0 Å². The number of nitrogens with zero attached hydrogens (tertiary/aromatic N) is 2. The van der Waals surface area contributed by atoms with Crippen molar-refractivity contribution in [2.75, 3.05) is 6.79 Å². The first kappa shape index (κ1) is 40.4. The molecule has 2 N–H and O–H groups in total. The molecule has 1 amide bonds. The molecule has 55 heavy (non-hydrogen) atoms. The van der Waals surface area contributed by atoms with Crippen LogP contribution in [0.25, 0.3) is 22.3 Å². The maximum Gasteiger partial charge on any atom is 0.324 e. The molecule has 3 aliphatic heterocycles. The van der Waals surface area contributed by atoms with E-state index >= 15 is 0 Å². The van der Waals surface area contributed by atoms with Gasteiger partial charge in [-0.3, -0.25) is 19.2 Å². The molecule has 3 aliphatic rings. The van der Waals surface area contributed by atoms with Crippen LogP contribution in [0.5, 0.6) is 11.5 Å². The van der Waals surface area contributed by atoms with Crippen molar-refractivity contribution in [2.24, 2.45) is 0 Å². The number of ketones is 1. The number of aliphatic hydroxyl groups excluding tert-OH is 1. The molecule has 5 heterocycles. The number of hydrogen-bond donors (Lipinski definition) is 2. The molecule has 0 aliphatic carbocycles. The standard InChI is InChI=1S/C44H59N3O8/c1-4-6-7-8-9-10-11-12-13-14-15-16-17-18-19-36(48)29(3)45-40(50)21-20-39(49)44(5-2)33-24-35-41-31(26-47(35)42(51)32(33)27-53-43(44)52)22-30-23-37-38(55-28-54-37)25-34(30)46-41/h22-25,29,36,48H,4-21,26-28H2,1-3H3,(H,45,50)/t29?,36-,44-/m1/s1. The van der Waals surface area contributed by atoms with Gasteiger partial charge in [-0.1, -0.05) is 104 Å². The van der Waals surface area contributed by atoms with Crippen molar-refractivity contribution in [3.63, 3.8) is 0 Å². The average molecular weight is 758 g/mol. The summed E-state index contributed by atoms with van der Waals surface area (Å²) in [4.78, 5) is 59.5. The highest BCUT2D eigenvalue weighted by atomic mass is 16.7. The first-order valence-electron chi connectivity index (χ1n) is 20.9. The number of hydrogen-bond acceptors (Lipinski definition) is 9. The Kier molecular flexibility index (Phi) is 13.7. The third-order valence-corrected chi connectivity index (χ3v) is 11.9. The Balaban J connectivity index is 0.998. The molecule has 11 heteroatoms. The van der Waals surface area contributed by atoms with Gasteiger partial charge in [-0.2, -0.15) is 0 Å². The number of nitrogens with one attached hydrogen (secondary N) is 1. The van der Waals surface area contributed by atoms with Gasteiger partial charge in [0.05, 0.1) is 41.2 Å². The molecule has 0 saturated heterocycles. The Labute approximate surface area is 324 Å². The number of unbranched alkanes of at least 4 members (excludes halogenated alkanes) is 13. The minimum Gasteiger partial charge on any atom is -0.460 e. The smallest absolute Gasteiger partial charge is 0.324 e. The second-order valence-corrected chi connectivity index (χ2v) is 15.8. The lowest BCUT2D eigenvalue weighted by molar-refractivity contribution is -0.158. The van der Waals surface area contributed by atoms with Crippen LogP contribution in [-0.4, -0.2) is 51.3 Å². The lowest BCUT2D eigenvalue weighted by Crippen LogP contribution is -2.50. The molecule has 0 spiro atoms. The van der Waals surface area contributed by atoms with Crippen molar-refractivity contribution in [1.29, 1.82) is 0 Å². The maximum atomic E-state index is 14.1. The summed E-state index contributed by atoms with van der Waals surface area (Å²) in [5.74, 6) is -0.340. The number of cyclic esters (lactones) is 1. The van der Waals surface area contributed by atoms with Crippen molar-refractivity contribution < 1.29 is 33.7 Å². The minimum absolute atomic E-state index is 0.0674. The van der Waals surface area contributed by atoms with Crippen LogP contribution in [0, 0.1) is 0 Å². The summed E-state index contributed by atoms with van der Waals surface area (Å²) in [6.07, 6.45) is 17.3. The molecule has 0 radical (unpaired) electrons. The number of carbonyl (C=O) groups is 3. The zero-order chi connectivity index (χ0) is 39.0. The predicted molar refractivity (Wildman–Crippen MR) is 211 cm³/mol. The largest absolute Gasteiger partial charge is 0.460 e. The number of rotatable bonds is 22. The first-order valence-corrected chi connectivity index (χ1v) is 20.9. The highest BCUT2D eigenvalue weighted by Gasteiger charge is 2.52. The van der Waals surface area contributed by atoms with E-state index in [0.717, 1.165) is 30.2 Å². The number of aromatic nitrogens is 2. The third-order valence-electron chi connectivity index (χ3n) is 11.9. The first-order chi connectivity index (χ1) is 26.7. The lowest BCUT2D eigenvalue weighted by atomic mass is 9.70. The van der Waals surface area contributed by atoms with E-state index in [4.69, 9.17) is 19.2 Å². The molecule has 1 unspecified atom stereocenters. The molecule has 0 bridgehead atoms. The molecule has 3 aromatic rings. The summed E-state index contributed by atoms with van der Waals surface area (Å²) in [6.45, 7) is 5.95. The van der Waals surface area contributed by atoms with Crippen LogP contribution in [0.1, 0.15) is 153 Å². The summed E-state index contributed by atoms with van der Waals surface area (Å²) >= 11 is 0. The van der Waals surface area contributed by atoms with Crippen molar-refractivity contribution in [3.8, 4) is 22.9 Å². The van der Waals surface area contributed by atoms with Gasteiger partial charge in [0.2, 0.25) is 12.7 Å². The van der Waals surface area contributed by atoms with Gasteiger partial charge in [-0.25, -0.2) is 4.98 Å². The fourth-order valence-electron chi connectivity index (χ4n) is 8.51. The number of benzene rings is 1. The SMILES string of the molecule is CCCCCCCCCCCCCCCC[C@@H](O)C(C)NC(=O)CCC(=O)[C@]1(CC)C(=O)OCc2c1cc1n(c2=O)Cc2cc3cc4c(cc3nc2-1)OCO4. The van der Waals surface area contributed by atoms with Crippen LogP contribution in [0.15, 0.2) is 29.1 Å². The number of fused-ring (bicyclic) bond motifs is 6. The quantitative estimate of drug-likeness (QED) is 0.0464. The van der Waals surface area contributed by atoms with E-state index in [1.54, 1.807) is 30.5 Å². The zero-order valence-electron chi connectivity index (χ0n) is 33.0. The molecule has 0 fully saturated rings. The lowest BCUT2D eigenvalue weighted by Gasteiger charge is -2.35. The Bertz CT molecular complexity index is 1920. The van der Waals surface area contributed by atoms with Gasteiger partial charge in [0.25, 0.3) is 5.56 Å². The summed E-state index contributed by atoms with van der Waals surface area (Å²) in [5, 5.41) is 14.4. The molecular weight excluding hydrogens is 698 g/mol. The van der Waals surface area contributed by atoms with Gasteiger partial charge in [0, 0.05) is 29.9 Å². The average Bonchev–Trinajstić information content (AvgIpc) is 3.79. The minimum atomic E-state index is -1.73. The van der Waals surface area contributed by atoms with Gasteiger partial charge in [-0.05, 0) is 43.5 Å². The molecule has 6 rings (SSSR count). The highest BCUT2D eigenvalue weighted by molar-refractivity contribution is 6.11. The van der Waals surface area contributed by atoms with E-state index in [-0.39, 0.29) is 49.7 Å².